The fourth-order valence-corrected chi connectivity index (χ4v) is 3.60. The van der Waals surface area contributed by atoms with E-state index in [-0.39, 0.29) is 4.88 Å². The molecular weight excluding hydrogens is 378 g/mol. The second-order valence-electron chi connectivity index (χ2n) is 6.04. The monoisotopic (exact) mass is 393 g/mol. The number of carboxylic acids is 1. The summed E-state index contributed by atoms with van der Waals surface area (Å²) in [5.74, 6) is 0.307. The number of ether oxygens (including phenoxy) is 1. The van der Waals surface area contributed by atoms with Crippen molar-refractivity contribution in [1.82, 2.24) is 25.2 Å². The highest BCUT2D eigenvalue weighted by Gasteiger charge is 2.17. The minimum Gasteiger partial charge on any atom is -0.477 e. The van der Waals surface area contributed by atoms with Crippen LogP contribution >= 0.6 is 11.3 Å². The summed E-state index contributed by atoms with van der Waals surface area (Å²) in [5.41, 5.74) is 2.85. The Morgan fingerprint density at radius 1 is 1.14 bits per heavy atom. The number of aromatic nitrogens is 5. The summed E-state index contributed by atoms with van der Waals surface area (Å²) in [4.78, 5) is 15.9. The molecule has 2 aromatic heterocycles. The maximum atomic E-state index is 11.3. The van der Waals surface area contributed by atoms with E-state index in [4.69, 9.17) is 4.74 Å². The molecule has 140 valence electrons. The molecule has 4 aromatic rings. The van der Waals surface area contributed by atoms with Gasteiger partial charge in [-0.25, -0.2) is 9.78 Å². The van der Waals surface area contributed by atoms with Gasteiger partial charge in [0.15, 0.2) is 5.75 Å². The zero-order valence-electron chi connectivity index (χ0n) is 15.0. The summed E-state index contributed by atoms with van der Waals surface area (Å²) < 4.78 is 7.59. The largest absolute Gasteiger partial charge is 0.477 e. The van der Waals surface area contributed by atoms with Crippen LogP contribution < -0.4 is 4.74 Å². The van der Waals surface area contributed by atoms with Crippen molar-refractivity contribution in [2.24, 2.45) is 0 Å². The molecule has 0 atom stereocenters. The molecular formula is C19H15N5O3S. The molecule has 2 aromatic carbocycles. The fraction of sp³-hybridized carbons (Fsp3) is 0.105. The van der Waals surface area contributed by atoms with Gasteiger partial charge in [0.25, 0.3) is 0 Å². The lowest BCUT2D eigenvalue weighted by Crippen LogP contribution is -2.00. The van der Waals surface area contributed by atoms with E-state index >= 15 is 0 Å². The Morgan fingerprint density at radius 2 is 1.96 bits per heavy atom. The zero-order chi connectivity index (χ0) is 19.7. The summed E-state index contributed by atoms with van der Waals surface area (Å²) >= 11 is 1.13. The molecule has 1 N–H and O–H groups in total. The normalized spacial score (nSPS) is 10.8. The molecule has 2 heterocycles. The van der Waals surface area contributed by atoms with E-state index in [1.165, 1.54) is 11.0 Å². The first-order valence-corrected chi connectivity index (χ1v) is 9.16. The molecule has 0 radical (unpaired) electrons. The van der Waals surface area contributed by atoms with Gasteiger partial charge in [0.1, 0.15) is 27.6 Å². The number of carboxylic acid groups (broad SMARTS) is 1. The molecule has 9 heteroatoms. The fourth-order valence-electron chi connectivity index (χ4n) is 2.70. The lowest BCUT2D eigenvalue weighted by Gasteiger charge is -2.13. The molecule has 8 nitrogen and oxygen atoms in total. The SMILES string of the molecule is Cc1ccccc1Oc1ccc(-c2nc(C)c(C(=O)O)s2)cc1-n1cnnn1. The van der Waals surface area contributed by atoms with Crippen LogP contribution in [-0.2, 0) is 0 Å². The highest BCUT2D eigenvalue weighted by atomic mass is 32.1. The van der Waals surface area contributed by atoms with Crippen molar-refractivity contribution in [2.75, 3.05) is 0 Å². The number of tetrazole rings is 1. The van der Waals surface area contributed by atoms with Crippen LogP contribution in [0.15, 0.2) is 48.8 Å². The Morgan fingerprint density at radius 3 is 2.64 bits per heavy atom. The smallest absolute Gasteiger partial charge is 0.347 e. The van der Waals surface area contributed by atoms with Crippen LogP contribution in [-0.4, -0.2) is 36.3 Å². The van der Waals surface area contributed by atoms with Crippen LogP contribution in [0.2, 0.25) is 0 Å². The standard InChI is InChI=1S/C19H15N5O3S/c1-11-5-3-4-6-15(11)27-16-8-7-13(9-14(16)24-10-20-22-23-24)18-21-12(2)17(28-18)19(25)26/h3-10H,1-2H3,(H,25,26). The summed E-state index contributed by atoms with van der Waals surface area (Å²) in [6.07, 6.45) is 1.47. The Hall–Kier alpha value is -3.59. The van der Waals surface area contributed by atoms with Crippen LogP contribution in [0.3, 0.4) is 0 Å². The Kier molecular flexibility index (Phi) is 4.58. The van der Waals surface area contributed by atoms with Crippen molar-refractivity contribution in [3.63, 3.8) is 0 Å². The number of rotatable bonds is 5. The van der Waals surface area contributed by atoms with Crippen molar-refractivity contribution >= 4 is 17.3 Å². The quantitative estimate of drug-likeness (QED) is 0.548. The van der Waals surface area contributed by atoms with Crippen molar-refractivity contribution in [3.8, 4) is 27.8 Å². The van der Waals surface area contributed by atoms with Gasteiger partial charge in [-0.15, -0.1) is 16.4 Å². The predicted molar refractivity (Wildman–Crippen MR) is 103 cm³/mol. The third kappa shape index (κ3) is 3.35. The van der Waals surface area contributed by atoms with Crippen LogP contribution in [0, 0.1) is 13.8 Å². The molecule has 0 aliphatic rings. The van der Waals surface area contributed by atoms with Crippen molar-refractivity contribution < 1.29 is 14.6 Å². The van der Waals surface area contributed by atoms with E-state index in [9.17, 15) is 9.90 Å². The molecule has 0 saturated carbocycles. The lowest BCUT2D eigenvalue weighted by atomic mass is 10.2. The van der Waals surface area contributed by atoms with Crippen molar-refractivity contribution in [3.05, 3.63) is 64.9 Å². The number of nitrogens with zero attached hydrogens (tertiary/aromatic N) is 5. The van der Waals surface area contributed by atoms with E-state index in [1.807, 2.05) is 43.3 Å². The van der Waals surface area contributed by atoms with E-state index in [0.29, 0.717) is 22.1 Å². The molecule has 4 rings (SSSR count). The lowest BCUT2D eigenvalue weighted by molar-refractivity contribution is 0.0701. The molecule has 0 bridgehead atoms. The van der Waals surface area contributed by atoms with Gasteiger partial charge < -0.3 is 9.84 Å². The van der Waals surface area contributed by atoms with Crippen LogP contribution in [0.4, 0.5) is 0 Å². The minimum absolute atomic E-state index is 0.221. The molecule has 28 heavy (non-hydrogen) atoms. The molecule has 0 aliphatic heterocycles. The third-order valence-corrected chi connectivity index (χ3v) is 5.30. The first-order chi connectivity index (χ1) is 13.5. The van der Waals surface area contributed by atoms with Crippen LogP contribution in [0.5, 0.6) is 11.5 Å². The third-order valence-electron chi connectivity index (χ3n) is 4.11. The maximum Gasteiger partial charge on any atom is 0.347 e. The average molecular weight is 393 g/mol. The molecule has 0 fully saturated rings. The van der Waals surface area contributed by atoms with Gasteiger partial charge in [-0.1, -0.05) is 18.2 Å². The number of para-hydroxylation sites is 1. The second kappa shape index (κ2) is 7.20. The summed E-state index contributed by atoms with van der Waals surface area (Å²) in [5, 5.41) is 21.2. The maximum absolute atomic E-state index is 11.3. The number of aromatic carboxylic acids is 1. The highest BCUT2D eigenvalue weighted by molar-refractivity contribution is 7.17. The molecule has 0 saturated heterocycles. The number of carbonyl (C=O) groups is 1. The average Bonchev–Trinajstić information content (AvgIpc) is 3.34. The predicted octanol–water partition coefficient (Wildman–Crippen LogP) is 3.89. The van der Waals surface area contributed by atoms with E-state index in [2.05, 4.69) is 20.5 Å². The van der Waals surface area contributed by atoms with Gasteiger partial charge >= 0.3 is 5.97 Å². The zero-order valence-corrected chi connectivity index (χ0v) is 15.8. The van der Waals surface area contributed by atoms with Crippen LogP contribution in [0.25, 0.3) is 16.3 Å². The first kappa shape index (κ1) is 17.8. The summed E-state index contributed by atoms with van der Waals surface area (Å²) in [6.45, 7) is 3.65. The van der Waals surface area contributed by atoms with Gasteiger partial charge in [0.05, 0.1) is 5.69 Å². The Bertz CT molecular complexity index is 1150. The Labute approximate surface area is 164 Å². The minimum atomic E-state index is -0.985. The van der Waals surface area contributed by atoms with Gasteiger partial charge in [0, 0.05) is 5.56 Å². The van der Waals surface area contributed by atoms with Gasteiger partial charge in [0.2, 0.25) is 0 Å². The summed E-state index contributed by atoms with van der Waals surface area (Å²) in [6, 6.07) is 13.2. The number of benzene rings is 2. The van der Waals surface area contributed by atoms with Gasteiger partial charge in [-0.05, 0) is 54.1 Å². The highest BCUT2D eigenvalue weighted by Crippen LogP contribution is 2.35. The number of hydrogen-bond acceptors (Lipinski definition) is 7. The Balaban J connectivity index is 1.80. The van der Waals surface area contributed by atoms with E-state index in [1.54, 1.807) is 13.0 Å². The van der Waals surface area contributed by atoms with E-state index in [0.717, 1.165) is 28.2 Å². The molecule has 0 aliphatic carbocycles. The summed E-state index contributed by atoms with van der Waals surface area (Å²) in [7, 11) is 0. The van der Waals surface area contributed by atoms with Crippen molar-refractivity contribution in [1.29, 1.82) is 0 Å². The van der Waals surface area contributed by atoms with Gasteiger partial charge in [-0.3, -0.25) is 0 Å². The van der Waals surface area contributed by atoms with E-state index < -0.39 is 5.97 Å². The first-order valence-electron chi connectivity index (χ1n) is 8.35. The molecule has 0 spiro atoms. The molecule has 0 amide bonds. The number of thiazole rings is 1. The van der Waals surface area contributed by atoms with Crippen LogP contribution in [0.1, 0.15) is 20.9 Å². The van der Waals surface area contributed by atoms with Gasteiger partial charge in [-0.2, -0.15) is 4.68 Å². The topological polar surface area (TPSA) is 103 Å². The van der Waals surface area contributed by atoms with Crippen molar-refractivity contribution in [2.45, 2.75) is 13.8 Å². The number of aryl methyl sites for hydroxylation is 2. The second-order valence-corrected chi connectivity index (χ2v) is 7.04. The molecule has 0 unspecified atom stereocenters. The number of hydrogen-bond donors (Lipinski definition) is 1.